The minimum atomic E-state index is -3.20. The Morgan fingerprint density at radius 1 is 0.538 bits per heavy atom. The predicted molar refractivity (Wildman–Crippen MR) is 212 cm³/mol. The second kappa shape index (κ2) is 16.0. The highest BCUT2D eigenvalue weighted by atomic mass is 79.9. The summed E-state index contributed by atoms with van der Waals surface area (Å²) in [6.07, 6.45) is 2.29. The third-order valence-corrected chi connectivity index (χ3v) is 12.0. The van der Waals surface area contributed by atoms with Gasteiger partial charge in [0.25, 0.3) is 0 Å². The fraction of sp³-hybridized carbons (Fsp3) is 0.647. The molecule has 0 amide bonds. The van der Waals surface area contributed by atoms with Crippen molar-refractivity contribution in [3.05, 3.63) is 64.1 Å². The smallest absolute Gasteiger partial charge is 0.405 e. The molecule has 5 rings (SSSR count). The van der Waals surface area contributed by atoms with Crippen LogP contribution in [0.1, 0.15) is 94.2 Å². The van der Waals surface area contributed by atoms with Crippen LogP contribution in [0.5, 0.6) is 0 Å². The van der Waals surface area contributed by atoms with E-state index < -0.39 is 52.4 Å². The Balaban J connectivity index is 0.000000216. The van der Waals surface area contributed by atoms with Gasteiger partial charge in [-0.15, -0.1) is 0 Å². The Labute approximate surface area is 321 Å². The molecule has 290 valence electrons. The second-order valence-corrected chi connectivity index (χ2v) is 21.0. The standard InChI is InChI=1S/C14H22BNO4S.C12H24B2O4.C8H10BrNO2S/c1-13(2)14(3,4)20-15(19-13)12-8-6-7-11(9-12)10-16-21(5,17)18;1-9(2)10(3,4)16-13(15-9)14-17-11(5,6)12(7,8)18-14;1-13(11,12)10-6-7-3-2-4-8(9)5-7/h6-9,16H,10H2,1-5H3;1-8H3;2-5,10H,6H2,1H3. The lowest BCUT2D eigenvalue weighted by atomic mass is 9.49. The molecule has 0 unspecified atom stereocenters. The van der Waals surface area contributed by atoms with Gasteiger partial charge in [-0.2, -0.15) is 0 Å². The molecule has 0 atom stereocenters. The number of halogens is 1. The third-order valence-electron chi connectivity index (χ3n) is 10.2. The monoisotopic (exact) mass is 828 g/mol. The molecule has 0 bridgehead atoms. The molecule has 0 radical (unpaired) electrons. The van der Waals surface area contributed by atoms with E-state index in [1.54, 1.807) is 0 Å². The number of sulfonamides is 2. The Morgan fingerprint density at radius 3 is 1.21 bits per heavy atom. The van der Waals surface area contributed by atoms with Gasteiger partial charge < -0.3 is 27.9 Å². The van der Waals surface area contributed by atoms with Crippen molar-refractivity contribution in [2.24, 2.45) is 0 Å². The molecule has 0 saturated carbocycles. The van der Waals surface area contributed by atoms with Gasteiger partial charge in [0.1, 0.15) is 0 Å². The summed E-state index contributed by atoms with van der Waals surface area (Å²) in [5.41, 5.74) is 0.469. The van der Waals surface area contributed by atoms with Crippen LogP contribution < -0.4 is 14.9 Å². The molecule has 3 heterocycles. The summed E-state index contributed by atoms with van der Waals surface area (Å²) in [4.78, 5) is 0. The van der Waals surface area contributed by atoms with Gasteiger partial charge in [-0.25, -0.2) is 26.3 Å². The van der Waals surface area contributed by atoms with Crippen molar-refractivity contribution in [1.82, 2.24) is 9.44 Å². The van der Waals surface area contributed by atoms with E-state index in [4.69, 9.17) is 27.9 Å². The minimum absolute atomic E-state index is 0.256. The van der Waals surface area contributed by atoms with Crippen molar-refractivity contribution in [3.8, 4) is 0 Å². The van der Waals surface area contributed by atoms with Gasteiger partial charge in [-0.1, -0.05) is 52.3 Å². The van der Waals surface area contributed by atoms with E-state index in [0.717, 1.165) is 33.6 Å². The van der Waals surface area contributed by atoms with Crippen LogP contribution >= 0.6 is 15.9 Å². The van der Waals surface area contributed by atoms with Gasteiger partial charge in [-0.05, 0) is 112 Å². The molecule has 2 aromatic carbocycles. The molecule has 12 nitrogen and oxygen atoms in total. The first-order valence-corrected chi connectivity index (χ1v) is 21.7. The van der Waals surface area contributed by atoms with Crippen LogP contribution in [-0.4, -0.2) is 84.1 Å². The SMILES string of the molecule is CC1(C)OB(B2OC(C)(C)C(C)(C)O2)OC1(C)C.CC1(C)OB(c2cccc(CNS(C)(=O)=O)c2)OC1(C)C.CS(=O)(=O)NCc1cccc(Br)c1. The highest BCUT2D eigenvalue weighted by molar-refractivity contribution is 9.10. The summed E-state index contributed by atoms with van der Waals surface area (Å²) < 4.78 is 85.5. The molecule has 3 fully saturated rings. The summed E-state index contributed by atoms with van der Waals surface area (Å²) >= 11 is 3.31. The van der Waals surface area contributed by atoms with E-state index in [-0.39, 0.29) is 28.9 Å². The van der Waals surface area contributed by atoms with E-state index in [2.05, 4.69) is 25.4 Å². The molecule has 0 aromatic heterocycles. The van der Waals surface area contributed by atoms with Crippen LogP contribution in [0.3, 0.4) is 0 Å². The van der Waals surface area contributed by atoms with Gasteiger partial charge in [0.15, 0.2) is 0 Å². The van der Waals surface area contributed by atoms with Crippen LogP contribution in [0.2, 0.25) is 0 Å². The van der Waals surface area contributed by atoms with Crippen molar-refractivity contribution in [1.29, 1.82) is 0 Å². The summed E-state index contributed by atoms with van der Waals surface area (Å²) in [7, 11) is -7.69. The maximum absolute atomic E-state index is 11.2. The molecule has 3 aliphatic heterocycles. The van der Waals surface area contributed by atoms with Crippen LogP contribution in [0.25, 0.3) is 0 Å². The van der Waals surface area contributed by atoms with Crippen molar-refractivity contribution in [3.63, 3.8) is 0 Å². The van der Waals surface area contributed by atoms with E-state index >= 15 is 0 Å². The number of rotatable bonds is 8. The lowest BCUT2D eigenvalue weighted by molar-refractivity contribution is 0.00578. The molecular weight excluding hydrogens is 773 g/mol. The van der Waals surface area contributed by atoms with Gasteiger partial charge in [0.2, 0.25) is 20.0 Å². The maximum Gasteiger partial charge on any atom is 0.494 e. The first-order chi connectivity index (χ1) is 23.4. The average Bonchev–Trinajstić information content (AvgIpc) is 3.44. The molecular formula is C34H56B3BrN2O10S2. The molecule has 2 N–H and O–H groups in total. The summed E-state index contributed by atoms with van der Waals surface area (Å²) in [6.45, 7) is 24.8. The second-order valence-electron chi connectivity index (χ2n) is 16.4. The lowest BCUT2D eigenvalue weighted by Crippen LogP contribution is -2.41. The van der Waals surface area contributed by atoms with Crippen molar-refractivity contribution in [2.75, 3.05) is 12.5 Å². The van der Waals surface area contributed by atoms with Gasteiger partial charge in [0, 0.05) is 17.6 Å². The molecule has 0 spiro atoms. The van der Waals surface area contributed by atoms with Crippen LogP contribution in [0.4, 0.5) is 0 Å². The van der Waals surface area contributed by atoms with E-state index in [9.17, 15) is 16.8 Å². The zero-order chi connectivity index (χ0) is 39.8. The molecule has 2 aromatic rings. The Hall–Kier alpha value is -1.31. The van der Waals surface area contributed by atoms with E-state index in [1.807, 2.05) is 132 Å². The number of benzene rings is 2. The molecule has 3 saturated heterocycles. The normalized spacial score (nSPS) is 22.3. The molecule has 3 aliphatic rings. The van der Waals surface area contributed by atoms with Crippen LogP contribution in [-0.2, 0) is 61.1 Å². The quantitative estimate of drug-likeness (QED) is 0.357. The first kappa shape index (κ1) is 45.1. The highest BCUT2D eigenvalue weighted by Gasteiger charge is 2.63. The number of hydrogen-bond acceptors (Lipinski definition) is 10. The summed E-state index contributed by atoms with van der Waals surface area (Å²) in [5.74, 6) is 0. The average molecular weight is 829 g/mol. The van der Waals surface area contributed by atoms with E-state index in [1.165, 1.54) is 0 Å². The molecule has 0 aliphatic carbocycles. The first-order valence-electron chi connectivity index (χ1n) is 17.1. The predicted octanol–water partition coefficient (Wildman–Crippen LogP) is 4.78. The van der Waals surface area contributed by atoms with Crippen molar-refractivity contribution in [2.45, 2.75) is 130 Å². The topological polar surface area (TPSA) is 148 Å². The van der Waals surface area contributed by atoms with Gasteiger partial charge in [-0.3, -0.25) is 0 Å². The number of nitrogens with one attached hydrogen (secondary N) is 2. The van der Waals surface area contributed by atoms with E-state index in [0.29, 0.717) is 6.54 Å². The Kier molecular flexibility index (Phi) is 13.9. The molecule has 18 heteroatoms. The minimum Gasteiger partial charge on any atom is -0.405 e. The maximum atomic E-state index is 11.2. The fourth-order valence-corrected chi connectivity index (χ4v) is 6.21. The number of hydrogen-bond donors (Lipinski definition) is 2. The Bertz CT molecular complexity index is 1690. The highest BCUT2D eigenvalue weighted by Crippen LogP contribution is 2.43. The van der Waals surface area contributed by atoms with Gasteiger partial charge >= 0.3 is 21.1 Å². The fourth-order valence-electron chi connectivity index (χ4n) is 4.90. The van der Waals surface area contributed by atoms with Crippen molar-refractivity contribution < 1.29 is 44.8 Å². The van der Waals surface area contributed by atoms with Crippen LogP contribution in [0, 0.1) is 0 Å². The summed E-state index contributed by atoms with van der Waals surface area (Å²) in [5, 5.41) is 0. The van der Waals surface area contributed by atoms with Crippen molar-refractivity contribution >= 4 is 62.6 Å². The zero-order valence-corrected chi connectivity index (χ0v) is 36.3. The molecule has 52 heavy (non-hydrogen) atoms. The largest absolute Gasteiger partial charge is 0.494 e. The van der Waals surface area contributed by atoms with Gasteiger partial charge in [0.05, 0.1) is 46.1 Å². The summed E-state index contributed by atoms with van der Waals surface area (Å²) in [6, 6.07) is 15.1. The third kappa shape index (κ3) is 12.1. The zero-order valence-electron chi connectivity index (χ0n) is 33.0. The Morgan fingerprint density at radius 2 is 0.865 bits per heavy atom. The van der Waals surface area contributed by atoms with Crippen LogP contribution in [0.15, 0.2) is 53.0 Å². The lowest BCUT2D eigenvalue weighted by Gasteiger charge is -2.32.